The predicted octanol–water partition coefficient (Wildman–Crippen LogP) is 4.68. The number of likely N-dealkylation sites (tertiary alicyclic amines) is 1. The molecule has 1 aliphatic heterocycles. The molecule has 26 heavy (non-hydrogen) atoms. The Kier molecular flexibility index (Phi) is 5.81. The normalized spacial score (nSPS) is 15.2. The lowest BCUT2D eigenvalue weighted by Gasteiger charge is -2.32. The van der Waals surface area contributed by atoms with Crippen LogP contribution in [0.5, 0.6) is 5.75 Å². The molecule has 1 saturated heterocycles. The van der Waals surface area contributed by atoms with Gasteiger partial charge in [0.05, 0.1) is 7.11 Å². The van der Waals surface area contributed by atoms with Gasteiger partial charge in [-0.2, -0.15) is 0 Å². The molecule has 0 unspecified atom stereocenters. The molecule has 0 spiro atoms. The van der Waals surface area contributed by atoms with Crippen molar-refractivity contribution in [2.45, 2.75) is 29.9 Å². The number of rotatable bonds is 4. The number of piperidine rings is 1. The Morgan fingerprint density at radius 2 is 1.77 bits per heavy atom. The van der Waals surface area contributed by atoms with Crippen molar-refractivity contribution in [1.29, 1.82) is 0 Å². The summed E-state index contributed by atoms with van der Waals surface area (Å²) in [6.07, 6.45) is 1.62. The fraction of sp³-hybridized carbons (Fsp3) is 0.350. The Morgan fingerprint density at radius 3 is 2.38 bits per heavy atom. The second-order valence-electron chi connectivity index (χ2n) is 6.36. The third-order valence-electron chi connectivity index (χ3n) is 4.54. The van der Waals surface area contributed by atoms with Gasteiger partial charge in [0.2, 0.25) is 0 Å². The fourth-order valence-corrected chi connectivity index (χ4v) is 4.17. The van der Waals surface area contributed by atoms with Crippen molar-refractivity contribution in [3.63, 3.8) is 0 Å². The number of carbonyl (C=O) groups excluding carboxylic acids is 1. The van der Waals surface area contributed by atoms with Crippen LogP contribution in [0.2, 0.25) is 0 Å². The number of aryl methyl sites for hydroxylation is 1. The Morgan fingerprint density at radius 1 is 1.12 bits per heavy atom. The minimum absolute atomic E-state index is 0.0602. The molecular formula is C20H21F2NO2S. The Labute approximate surface area is 156 Å². The van der Waals surface area contributed by atoms with E-state index in [0.717, 1.165) is 18.9 Å². The van der Waals surface area contributed by atoms with E-state index in [1.54, 1.807) is 16.7 Å². The number of thioether (sulfide) groups is 1. The zero-order valence-electron chi connectivity index (χ0n) is 14.8. The molecule has 1 aliphatic rings. The summed E-state index contributed by atoms with van der Waals surface area (Å²) >= 11 is 1.80. The van der Waals surface area contributed by atoms with Crippen LogP contribution >= 0.6 is 11.8 Å². The van der Waals surface area contributed by atoms with Gasteiger partial charge < -0.3 is 9.64 Å². The first-order valence-corrected chi connectivity index (χ1v) is 9.42. The van der Waals surface area contributed by atoms with Gasteiger partial charge >= 0.3 is 0 Å². The zero-order chi connectivity index (χ0) is 18.7. The van der Waals surface area contributed by atoms with E-state index in [-0.39, 0.29) is 11.3 Å². The number of amides is 1. The minimum Gasteiger partial charge on any atom is -0.496 e. The molecule has 3 nitrogen and oxygen atoms in total. The molecule has 1 fully saturated rings. The van der Waals surface area contributed by atoms with Crippen LogP contribution in [0.15, 0.2) is 41.3 Å². The number of methoxy groups -OCH3 is 1. The lowest BCUT2D eigenvalue weighted by molar-refractivity contribution is 0.0717. The van der Waals surface area contributed by atoms with E-state index in [0.29, 0.717) is 18.3 Å². The number of ether oxygens (including phenoxy) is 1. The van der Waals surface area contributed by atoms with Crippen LogP contribution in [0.4, 0.5) is 8.78 Å². The predicted molar refractivity (Wildman–Crippen MR) is 98.9 cm³/mol. The second kappa shape index (κ2) is 8.08. The summed E-state index contributed by atoms with van der Waals surface area (Å²) in [6.45, 7) is 3.08. The number of nitrogens with zero attached hydrogens (tertiary/aromatic N) is 1. The lowest BCUT2D eigenvalue weighted by atomic mass is 10.1. The Hall–Kier alpha value is -2.08. The van der Waals surface area contributed by atoms with Crippen molar-refractivity contribution >= 4 is 17.7 Å². The number of benzene rings is 2. The van der Waals surface area contributed by atoms with Crippen molar-refractivity contribution in [3.8, 4) is 5.75 Å². The first kappa shape index (κ1) is 18.7. The molecule has 0 atom stereocenters. The highest BCUT2D eigenvalue weighted by atomic mass is 32.2. The van der Waals surface area contributed by atoms with E-state index in [1.807, 2.05) is 0 Å². The quantitative estimate of drug-likeness (QED) is 0.775. The van der Waals surface area contributed by atoms with Gasteiger partial charge in [-0.3, -0.25) is 4.79 Å². The van der Waals surface area contributed by atoms with E-state index in [2.05, 4.69) is 31.2 Å². The summed E-state index contributed by atoms with van der Waals surface area (Å²) in [5.41, 5.74) is 0.901. The van der Waals surface area contributed by atoms with Crippen molar-refractivity contribution in [3.05, 3.63) is 59.2 Å². The van der Waals surface area contributed by atoms with Gasteiger partial charge in [-0.15, -0.1) is 11.8 Å². The van der Waals surface area contributed by atoms with Crippen LogP contribution in [0.25, 0.3) is 0 Å². The highest BCUT2D eigenvalue weighted by molar-refractivity contribution is 8.00. The molecule has 6 heteroatoms. The largest absolute Gasteiger partial charge is 0.496 e. The van der Waals surface area contributed by atoms with Gasteiger partial charge in [-0.1, -0.05) is 17.7 Å². The summed E-state index contributed by atoms with van der Waals surface area (Å²) < 4.78 is 32.7. The Bertz CT molecular complexity index is 787. The van der Waals surface area contributed by atoms with E-state index in [9.17, 15) is 13.6 Å². The molecule has 0 N–H and O–H groups in total. The first-order chi connectivity index (χ1) is 12.5. The van der Waals surface area contributed by atoms with Gasteiger partial charge in [0.15, 0.2) is 11.6 Å². The molecule has 0 saturated carbocycles. The van der Waals surface area contributed by atoms with Crippen LogP contribution in [0, 0.1) is 18.6 Å². The molecule has 0 aromatic heterocycles. The molecule has 0 radical (unpaired) electrons. The maximum absolute atomic E-state index is 14.1. The third kappa shape index (κ3) is 4.01. The SMILES string of the molecule is COc1ccc(F)c(F)c1C(=O)N1CCC(Sc2ccc(C)cc2)CC1. The third-order valence-corrected chi connectivity index (χ3v) is 5.89. The molecule has 0 bridgehead atoms. The summed E-state index contributed by atoms with van der Waals surface area (Å²) in [4.78, 5) is 15.5. The van der Waals surface area contributed by atoms with E-state index in [4.69, 9.17) is 4.74 Å². The van der Waals surface area contributed by atoms with E-state index >= 15 is 0 Å². The highest BCUT2D eigenvalue weighted by Gasteiger charge is 2.29. The summed E-state index contributed by atoms with van der Waals surface area (Å²) in [5, 5.41) is 0.404. The first-order valence-electron chi connectivity index (χ1n) is 8.54. The van der Waals surface area contributed by atoms with Crippen molar-refractivity contribution in [1.82, 2.24) is 4.90 Å². The van der Waals surface area contributed by atoms with E-state index in [1.165, 1.54) is 23.6 Å². The van der Waals surface area contributed by atoms with Crippen LogP contribution in [-0.2, 0) is 0 Å². The van der Waals surface area contributed by atoms with Crippen LogP contribution in [0.3, 0.4) is 0 Å². The number of carbonyl (C=O) groups is 1. The monoisotopic (exact) mass is 377 g/mol. The van der Waals surface area contributed by atoms with Crippen LogP contribution in [0.1, 0.15) is 28.8 Å². The summed E-state index contributed by atoms with van der Waals surface area (Å²) in [7, 11) is 1.34. The van der Waals surface area contributed by atoms with Crippen molar-refractivity contribution < 1.29 is 18.3 Å². The summed E-state index contributed by atoms with van der Waals surface area (Å²) in [5.74, 6) is -2.65. The van der Waals surface area contributed by atoms with Crippen LogP contribution < -0.4 is 4.74 Å². The molecular weight excluding hydrogens is 356 g/mol. The highest BCUT2D eigenvalue weighted by Crippen LogP contribution is 2.32. The molecule has 138 valence electrons. The number of hydrogen-bond donors (Lipinski definition) is 0. The minimum atomic E-state index is -1.15. The lowest BCUT2D eigenvalue weighted by Crippen LogP contribution is -2.40. The summed E-state index contributed by atoms with van der Waals surface area (Å²) in [6, 6.07) is 10.6. The fourth-order valence-electron chi connectivity index (χ4n) is 3.05. The van der Waals surface area contributed by atoms with Crippen molar-refractivity contribution in [2.24, 2.45) is 0 Å². The van der Waals surface area contributed by atoms with Gasteiger partial charge in [-0.25, -0.2) is 8.78 Å². The average Bonchev–Trinajstić information content (AvgIpc) is 2.66. The molecule has 1 amide bonds. The smallest absolute Gasteiger partial charge is 0.260 e. The van der Waals surface area contributed by atoms with Gasteiger partial charge in [0.1, 0.15) is 11.3 Å². The maximum atomic E-state index is 14.1. The van der Waals surface area contributed by atoms with Gasteiger partial charge in [0.25, 0.3) is 5.91 Å². The maximum Gasteiger partial charge on any atom is 0.260 e. The number of halogens is 2. The molecule has 2 aromatic carbocycles. The zero-order valence-corrected chi connectivity index (χ0v) is 15.6. The van der Waals surface area contributed by atoms with Gasteiger partial charge in [0, 0.05) is 23.2 Å². The van der Waals surface area contributed by atoms with E-state index < -0.39 is 17.5 Å². The average molecular weight is 377 g/mol. The topological polar surface area (TPSA) is 29.5 Å². The van der Waals surface area contributed by atoms with Crippen LogP contribution in [-0.4, -0.2) is 36.3 Å². The molecule has 0 aliphatic carbocycles. The number of hydrogen-bond acceptors (Lipinski definition) is 3. The molecule has 2 aromatic rings. The second-order valence-corrected chi connectivity index (χ2v) is 7.73. The Balaban J connectivity index is 1.65. The standard InChI is InChI=1S/C20H21F2NO2S/c1-13-3-5-14(6-4-13)26-15-9-11-23(12-10-15)20(24)18-17(25-2)8-7-16(21)19(18)22/h3-8,15H,9-12H2,1-2H3. The molecule has 1 heterocycles. The van der Waals surface area contributed by atoms with Crippen molar-refractivity contribution in [2.75, 3.05) is 20.2 Å². The molecule has 3 rings (SSSR count). The van der Waals surface area contributed by atoms with Gasteiger partial charge in [-0.05, 0) is 44.0 Å².